The van der Waals surface area contributed by atoms with Crippen LogP contribution in [0.5, 0.6) is 0 Å². The molecule has 1 aromatic rings. The third-order valence-electron chi connectivity index (χ3n) is 4.15. The molecule has 1 amide bonds. The van der Waals surface area contributed by atoms with E-state index >= 15 is 0 Å². The molecule has 0 aliphatic heterocycles. The maximum absolute atomic E-state index is 12.2. The van der Waals surface area contributed by atoms with Gasteiger partial charge in [0.25, 0.3) is 5.91 Å². The summed E-state index contributed by atoms with van der Waals surface area (Å²) in [6.45, 7) is 2.16. The molecule has 1 aliphatic rings. The van der Waals surface area contributed by atoms with E-state index in [9.17, 15) is 4.79 Å². The molecule has 0 heterocycles. The van der Waals surface area contributed by atoms with Crippen LogP contribution in [0, 0.1) is 5.92 Å². The second kappa shape index (κ2) is 6.60. The molecule has 0 aromatic heterocycles. The Labute approximate surface area is 115 Å². The molecule has 2 rings (SSSR count). The molecule has 1 aromatic carbocycles. The van der Waals surface area contributed by atoms with Crippen molar-refractivity contribution in [1.82, 2.24) is 5.32 Å². The number of hydrogen-bond acceptors (Lipinski definition) is 2. The van der Waals surface area contributed by atoms with E-state index in [-0.39, 0.29) is 5.91 Å². The summed E-state index contributed by atoms with van der Waals surface area (Å²) in [4.78, 5) is 12.2. The van der Waals surface area contributed by atoms with Crippen molar-refractivity contribution in [2.75, 3.05) is 5.73 Å². The zero-order valence-electron chi connectivity index (χ0n) is 11.7. The third-order valence-corrected chi connectivity index (χ3v) is 4.15. The predicted octanol–water partition coefficient (Wildman–Crippen LogP) is 3.36. The van der Waals surface area contributed by atoms with Crippen molar-refractivity contribution in [2.45, 2.75) is 51.5 Å². The molecule has 3 N–H and O–H groups in total. The second-order valence-electron chi connectivity index (χ2n) is 5.51. The van der Waals surface area contributed by atoms with E-state index in [0.717, 1.165) is 6.42 Å². The molecule has 3 heteroatoms. The van der Waals surface area contributed by atoms with Crippen LogP contribution in [0.15, 0.2) is 24.3 Å². The molecule has 0 radical (unpaired) electrons. The number of hydrogen-bond donors (Lipinski definition) is 2. The summed E-state index contributed by atoms with van der Waals surface area (Å²) in [6.07, 6.45) is 7.46. The SMILES string of the molecule is CCC(NC(=O)c1ccc(N)cc1)C1CCCCC1. The van der Waals surface area contributed by atoms with Crippen LogP contribution in [-0.4, -0.2) is 11.9 Å². The first kappa shape index (κ1) is 13.9. The summed E-state index contributed by atoms with van der Waals surface area (Å²) >= 11 is 0. The van der Waals surface area contributed by atoms with Crippen molar-refractivity contribution in [3.05, 3.63) is 29.8 Å². The van der Waals surface area contributed by atoms with Crippen molar-refractivity contribution >= 4 is 11.6 Å². The largest absolute Gasteiger partial charge is 0.399 e. The third kappa shape index (κ3) is 3.72. The number of nitrogen functional groups attached to an aromatic ring is 1. The summed E-state index contributed by atoms with van der Waals surface area (Å²) in [7, 11) is 0. The highest BCUT2D eigenvalue weighted by atomic mass is 16.1. The highest BCUT2D eigenvalue weighted by Crippen LogP contribution is 2.27. The molecule has 1 unspecified atom stereocenters. The smallest absolute Gasteiger partial charge is 0.251 e. The van der Waals surface area contributed by atoms with Gasteiger partial charge in [-0.2, -0.15) is 0 Å². The second-order valence-corrected chi connectivity index (χ2v) is 5.51. The highest BCUT2D eigenvalue weighted by molar-refractivity contribution is 5.94. The van der Waals surface area contributed by atoms with Gasteiger partial charge < -0.3 is 11.1 Å². The fourth-order valence-electron chi connectivity index (χ4n) is 2.98. The molecule has 0 bridgehead atoms. The number of nitrogens with one attached hydrogen (secondary N) is 1. The first-order valence-electron chi connectivity index (χ1n) is 7.37. The van der Waals surface area contributed by atoms with E-state index < -0.39 is 0 Å². The number of anilines is 1. The van der Waals surface area contributed by atoms with Gasteiger partial charge >= 0.3 is 0 Å². The number of benzene rings is 1. The number of amides is 1. The highest BCUT2D eigenvalue weighted by Gasteiger charge is 2.23. The van der Waals surface area contributed by atoms with Crippen LogP contribution in [0.1, 0.15) is 55.8 Å². The number of nitrogens with two attached hydrogens (primary N) is 1. The fraction of sp³-hybridized carbons (Fsp3) is 0.562. The number of carbonyl (C=O) groups is 1. The summed E-state index contributed by atoms with van der Waals surface area (Å²) < 4.78 is 0. The summed E-state index contributed by atoms with van der Waals surface area (Å²) in [5.74, 6) is 0.675. The Hall–Kier alpha value is -1.51. The van der Waals surface area contributed by atoms with E-state index in [1.165, 1.54) is 32.1 Å². The van der Waals surface area contributed by atoms with Gasteiger partial charge in [-0.1, -0.05) is 26.2 Å². The maximum atomic E-state index is 12.2. The van der Waals surface area contributed by atoms with Gasteiger partial charge in [-0.15, -0.1) is 0 Å². The van der Waals surface area contributed by atoms with Gasteiger partial charge in [-0.05, 0) is 49.4 Å². The fourth-order valence-corrected chi connectivity index (χ4v) is 2.98. The van der Waals surface area contributed by atoms with Gasteiger partial charge in [-0.3, -0.25) is 4.79 Å². The number of carbonyl (C=O) groups excluding carboxylic acids is 1. The molecule has 1 atom stereocenters. The van der Waals surface area contributed by atoms with Gasteiger partial charge in [0.15, 0.2) is 0 Å². The molecular formula is C16H24N2O. The van der Waals surface area contributed by atoms with Crippen LogP contribution in [0.2, 0.25) is 0 Å². The monoisotopic (exact) mass is 260 g/mol. The Morgan fingerprint density at radius 3 is 2.47 bits per heavy atom. The lowest BCUT2D eigenvalue weighted by Crippen LogP contribution is -2.40. The van der Waals surface area contributed by atoms with Crippen molar-refractivity contribution in [3.8, 4) is 0 Å². The molecule has 1 saturated carbocycles. The van der Waals surface area contributed by atoms with E-state index in [0.29, 0.717) is 23.2 Å². The van der Waals surface area contributed by atoms with Crippen LogP contribution < -0.4 is 11.1 Å². The lowest BCUT2D eigenvalue weighted by atomic mass is 9.83. The molecular weight excluding hydrogens is 236 g/mol. The van der Waals surface area contributed by atoms with Crippen LogP contribution in [0.3, 0.4) is 0 Å². The Kier molecular flexibility index (Phi) is 4.83. The molecule has 19 heavy (non-hydrogen) atoms. The first-order valence-corrected chi connectivity index (χ1v) is 7.37. The van der Waals surface area contributed by atoms with Crippen molar-refractivity contribution in [1.29, 1.82) is 0 Å². The minimum absolute atomic E-state index is 0.0254. The topological polar surface area (TPSA) is 55.1 Å². The normalized spacial score (nSPS) is 17.9. The van der Waals surface area contributed by atoms with Crippen molar-refractivity contribution in [3.63, 3.8) is 0 Å². The molecule has 0 saturated heterocycles. The Morgan fingerprint density at radius 1 is 1.26 bits per heavy atom. The zero-order valence-corrected chi connectivity index (χ0v) is 11.7. The lowest BCUT2D eigenvalue weighted by Gasteiger charge is -2.30. The summed E-state index contributed by atoms with van der Waals surface area (Å²) in [6, 6.07) is 7.44. The quantitative estimate of drug-likeness (QED) is 0.816. The van der Waals surface area contributed by atoms with Gasteiger partial charge in [0.1, 0.15) is 0 Å². The minimum atomic E-state index is 0.0254. The maximum Gasteiger partial charge on any atom is 0.251 e. The zero-order chi connectivity index (χ0) is 13.7. The van der Waals surface area contributed by atoms with E-state index in [4.69, 9.17) is 5.73 Å². The predicted molar refractivity (Wildman–Crippen MR) is 79.0 cm³/mol. The average Bonchev–Trinajstić information content (AvgIpc) is 2.46. The van der Waals surface area contributed by atoms with Gasteiger partial charge in [0.2, 0.25) is 0 Å². The van der Waals surface area contributed by atoms with Crippen LogP contribution in [0.25, 0.3) is 0 Å². The molecule has 1 aliphatic carbocycles. The average molecular weight is 260 g/mol. The first-order chi connectivity index (χ1) is 9.20. The summed E-state index contributed by atoms with van der Waals surface area (Å²) in [5.41, 5.74) is 7.03. The van der Waals surface area contributed by atoms with Gasteiger partial charge in [-0.25, -0.2) is 0 Å². The molecule has 104 valence electrons. The van der Waals surface area contributed by atoms with E-state index in [1.54, 1.807) is 24.3 Å². The Bertz CT molecular complexity index is 407. The van der Waals surface area contributed by atoms with Crippen LogP contribution in [0.4, 0.5) is 5.69 Å². The van der Waals surface area contributed by atoms with E-state index in [1.807, 2.05) is 0 Å². The number of rotatable bonds is 4. The van der Waals surface area contributed by atoms with Crippen LogP contribution in [-0.2, 0) is 0 Å². The molecule has 3 nitrogen and oxygen atoms in total. The standard InChI is InChI=1S/C16H24N2O/c1-2-15(12-6-4-3-5-7-12)18-16(19)13-8-10-14(17)11-9-13/h8-12,15H,2-7,17H2,1H3,(H,18,19). The molecule has 0 spiro atoms. The van der Waals surface area contributed by atoms with Gasteiger partial charge in [0, 0.05) is 17.3 Å². The minimum Gasteiger partial charge on any atom is -0.399 e. The lowest BCUT2D eigenvalue weighted by molar-refractivity contribution is 0.0911. The van der Waals surface area contributed by atoms with Crippen molar-refractivity contribution < 1.29 is 4.79 Å². The molecule has 1 fully saturated rings. The Balaban J connectivity index is 1.97. The van der Waals surface area contributed by atoms with E-state index in [2.05, 4.69) is 12.2 Å². The van der Waals surface area contributed by atoms with Crippen LogP contribution >= 0.6 is 0 Å². The Morgan fingerprint density at radius 2 is 1.89 bits per heavy atom. The van der Waals surface area contributed by atoms with Crippen molar-refractivity contribution in [2.24, 2.45) is 5.92 Å². The van der Waals surface area contributed by atoms with Gasteiger partial charge in [0.05, 0.1) is 0 Å². The summed E-state index contributed by atoms with van der Waals surface area (Å²) in [5, 5.41) is 3.19.